The molecule has 1 atom stereocenters. The third-order valence-corrected chi connectivity index (χ3v) is 2.98. The van der Waals surface area contributed by atoms with Crippen molar-refractivity contribution >= 4 is 5.97 Å². The average molecular weight is 279 g/mol. The number of furan rings is 1. The van der Waals surface area contributed by atoms with Crippen molar-refractivity contribution in [3.05, 3.63) is 24.3 Å². The van der Waals surface area contributed by atoms with E-state index in [0.717, 1.165) is 0 Å². The summed E-state index contributed by atoms with van der Waals surface area (Å²) in [6.45, 7) is 1.69. The molecule has 3 heterocycles. The number of aliphatic carboxylic acids is 1. The Labute approximate surface area is 113 Å². The van der Waals surface area contributed by atoms with Gasteiger partial charge in [0.05, 0.1) is 19.4 Å². The Morgan fingerprint density at radius 1 is 1.50 bits per heavy atom. The molecule has 0 aromatic carbocycles. The highest BCUT2D eigenvalue weighted by molar-refractivity contribution is 5.72. The maximum absolute atomic E-state index is 10.9. The molecule has 0 saturated carbocycles. The predicted octanol–water partition coefficient (Wildman–Crippen LogP) is 0.615. The molecule has 1 aliphatic rings. The first-order valence-electron chi connectivity index (χ1n) is 6.15. The van der Waals surface area contributed by atoms with Crippen molar-refractivity contribution in [1.82, 2.24) is 15.1 Å². The molecule has 8 heteroatoms. The number of carboxylic acid groups (broad SMARTS) is 1. The van der Waals surface area contributed by atoms with Crippen LogP contribution in [0.25, 0.3) is 11.7 Å². The number of aromatic nitrogens is 2. The Bertz CT molecular complexity index is 580. The smallest absolute Gasteiger partial charge is 0.334 e. The minimum atomic E-state index is -0.962. The molecule has 2 aromatic heterocycles. The van der Waals surface area contributed by atoms with Gasteiger partial charge in [-0.15, -0.1) is 10.2 Å². The first-order valence-corrected chi connectivity index (χ1v) is 6.15. The van der Waals surface area contributed by atoms with Crippen LogP contribution in [0, 0.1) is 0 Å². The van der Waals surface area contributed by atoms with Gasteiger partial charge in [0.1, 0.15) is 0 Å². The zero-order valence-corrected chi connectivity index (χ0v) is 10.6. The van der Waals surface area contributed by atoms with Crippen molar-refractivity contribution in [2.75, 3.05) is 19.7 Å². The standard InChI is InChI=1S/C12H13N3O5/c16-12(17)9-6-15(3-5-19-9)7-10-13-14-11(20-10)8-2-1-4-18-8/h1-2,4,9H,3,5-7H2,(H,16,17). The van der Waals surface area contributed by atoms with E-state index in [2.05, 4.69) is 10.2 Å². The van der Waals surface area contributed by atoms with Gasteiger partial charge in [0, 0.05) is 13.1 Å². The third-order valence-electron chi connectivity index (χ3n) is 2.98. The lowest BCUT2D eigenvalue weighted by atomic mass is 10.3. The predicted molar refractivity (Wildman–Crippen MR) is 64.7 cm³/mol. The van der Waals surface area contributed by atoms with Crippen LogP contribution < -0.4 is 0 Å². The Morgan fingerprint density at radius 2 is 2.40 bits per heavy atom. The summed E-state index contributed by atoms with van der Waals surface area (Å²) in [5, 5.41) is 16.8. The molecule has 0 spiro atoms. The fourth-order valence-electron chi connectivity index (χ4n) is 2.00. The first-order chi connectivity index (χ1) is 9.72. The molecule has 1 fully saturated rings. The van der Waals surface area contributed by atoms with E-state index in [1.54, 1.807) is 12.1 Å². The van der Waals surface area contributed by atoms with E-state index in [0.29, 0.717) is 43.8 Å². The van der Waals surface area contributed by atoms with Gasteiger partial charge >= 0.3 is 5.97 Å². The van der Waals surface area contributed by atoms with Gasteiger partial charge in [-0.3, -0.25) is 4.90 Å². The highest BCUT2D eigenvalue weighted by Gasteiger charge is 2.27. The minimum Gasteiger partial charge on any atom is -0.479 e. The lowest BCUT2D eigenvalue weighted by Crippen LogP contribution is -2.45. The molecule has 106 valence electrons. The van der Waals surface area contributed by atoms with Crippen LogP contribution in [0.4, 0.5) is 0 Å². The van der Waals surface area contributed by atoms with Crippen LogP contribution >= 0.6 is 0 Å². The third kappa shape index (κ3) is 2.70. The molecule has 1 N–H and O–H groups in total. The van der Waals surface area contributed by atoms with Crippen LogP contribution in [0.15, 0.2) is 27.2 Å². The van der Waals surface area contributed by atoms with Crippen molar-refractivity contribution in [3.8, 4) is 11.7 Å². The zero-order valence-electron chi connectivity index (χ0n) is 10.6. The van der Waals surface area contributed by atoms with Crippen LogP contribution in [-0.4, -0.2) is 52.0 Å². The topological polar surface area (TPSA) is 102 Å². The fourth-order valence-corrected chi connectivity index (χ4v) is 2.00. The molecule has 20 heavy (non-hydrogen) atoms. The molecular weight excluding hydrogens is 266 g/mol. The van der Waals surface area contributed by atoms with Crippen LogP contribution in [0.5, 0.6) is 0 Å². The molecule has 0 radical (unpaired) electrons. The van der Waals surface area contributed by atoms with Gasteiger partial charge in [0.2, 0.25) is 5.89 Å². The monoisotopic (exact) mass is 279 g/mol. The van der Waals surface area contributed by atoms with E-state index >= 15 is 0 Å². The van der Waals surface area contributed by atoms with Crippen LogP contribution in [0.1, 0.15) is 5.89 Å². The summed E-state index contributed by atoms with van der Waals surface area (Å²) in [7, 11) is 0. The molecular formula is C12H13N3O5. The maximum Gasteiger partial charge on any atom is 0.334 e. The van der Waals surface area contributed by atoms with E-state index in [9.17, 15) is 4.79 Å². The summed E-state index contributed by atoms with van der Waals surface area (Å²) < 4.78 is 15.8. The second-order valence-electron chi connectivity index (χ2n) is 4.41. The van der Waals surface area contributed by atoms with E-state index in [1.165, 1.54) is 6.26 Å². The summed E-state index contributed by atoms with van der Waals surface area (Å²) in [6, 6.07) is 3.46. The van der Waals surface area contributed by atoms with Crippen molar-refractivity contribution in [2.24, 2.45) is 0 Å². The molecule has 8 nitrogen and oxygen atoms in total. The van der Waals surface area contributed by atoms with Crippen molar-refractivity contribution < 1.29 is 23.5 Å². The number of nitrogens with zero attached hydrogens (tertiary/aromatic N) is 3. The average Bonchev–Trinajstić information content (AvgIpc) is 3.09. The van der Waals surface area contributed by atoms with Crippen LogP contribution in [-0.2, 0) is 16.1 Å². The van der Waals surface area contributed by atoms with Crippen molar-refractivity contribution in [2.45, 2.75) is 12.6 Å². The summed E-state index contributed by atoms with van der Waals surface area (Å²) in [5.41, 5.74) is 0. The van der Waals surface area contributed by atoms with Gasteiger partial charge in [0.15, 0.2) is 11.9 Å². The van der Waals surface area contributed by atoms with E-state index in [4.69, 9.17) is 18.7 Å². The molecule has 1 aliphatic heterocycles. The second kappa shape index (κ2) is 5.43. The highest BCUT2D eigenvalue weighted by Crippen LogP contribution is 2.19. The molecule has 0 bridgehead atoms. The Balaban J connectivity index is 1.64. The number of carboxylic acids is 1. The normalized spacial score (nSPS) is 20.1. The maximum atomic E-state index is 10.9. The zero-order chi connectivity index (χ0) is 13.9. The molecule has 3 rings (SSSR count). The van der Waals surface area contributed by atoms with E-state index < -0.39 is 12.1 Å². The molecule has 0 aliphatic carbocycles. The van der Waals surface area contributed by atoms with Gasteiger partial charge in [-0.1, -0.05) is 0 Å². The van der Waals surface area contributed by atoms with Gasteiger partial charge in [-0.05, 0) is 12.1 Å². The summed E-state index contributed by atoms with van der Waals surface area (Å²) >= 11 is 0. The molecule has 0 amide bonds. The molecule has 2 aromatic rings. The summed E-state index contributed by atoms with van der Waals surface area (Å²) in [5.74, 6) is 0.279. The Morgan fingerprint density at radius 3 is 3.15 bits per heavy atom. The van der Waals surface area contributed by atoms with Gasteiger partial charge in [-0.25, -0.2) is 4.79 Å². The number of rotatable bonds is 4. The van der Waals surface area contributed by atoms with Gasteiger partial charge in [0.25, 0.3) is 5.89 Å². The summed E-state index contributed by atoms with van der Waals surface area (Å²) in [6.07, 6.45) is 0.717. The fraction of sp³-hybridized carbons (Fsp3) is 0.417. The largest absolute Gasteiger partial charge is 0.479 e. The van der Waals surface area contributed by atoms with Crippen molar-refractivity contribution in [3.63, 3.8) is 0 Å². The second-order valence-corrected chi connectivity index (χ2v) is 4.41. The molecule has 1 saturated heterocycles. The first kappa shape index (κ1) is 12.8. The van der Waals surface area contributed by atoms with Crippen LogP contribution in [0.2, 0.25) is 0 Å². The SMILES string of the molecule is O=C(O)C1CN(Cc2nnc(-c3ccco3)o2)CCO1. The Kier molecular flexibility index (Phi) is 3.48. The minimum absolute atomic E-state index is 0.299. The van der Waals surface area contributed by atoms with Crippen molar-refractivity contribution in [1.29, 1.82) is 0 Å². The Hall–Kier alpha value is -2.19. The highest BCUT2D eigenvalue weighted by atomic mass is 16.5. The van der Waals surface area contributed by atoms with Gasteiger partial charge < -0.3 is 18.7 Å². The quantitative estimate of drug-likeness (QED) is 0.868. The summed E-state index contributed by atoms with van der Waals surface area (Å²) in [4.78, 5) is 12.8. The van der Waals surface area contributed by atoms with E-state index in [1.807, 2.05) is 4.90 Å². The number of hydrogen-bond acceptors (Lipinski definition) is 7. The number of hydrogen-bond donors (Lipinski definition) is 1. The number of carbonyl (C=O) groups is 1. The van der Waals surface area contributed by atoms with Crippen LogP contribution in [0.3, 0.4) is 0 Å². The van der Waals surface area contributed by atoms with E-state index in [-0.39, 0.29) is 0 Å². The lowest BCUT2D eigenvalue weighted by Gasteiger charge is -2.29. The number of ether oxygens (including phenoxy) is 1. The molecule has 1 unspecified atom stereocenters. The number of morpholine rings is 1. The van der Waals surface area contributed by atoms with Gasteiger partial charge in [-0.2, -0.15) is 0 Å². The lowest BCUT2D eigenvalue weighted by molar-refractivity contribution is -0.156.